The first kappa shape index (κ1) is 14.6. The van der Waals surface area contributed by atoms with E-state index in [1.54, 1.807) is 23.5 Å². The Labute approximate surface area is 121 Å². The molecule has 0 atom stereocenters. The summed E-state index contributed by atoms with van der Waals surface area (Å²) < 4.78 is 0. The van der Waals surface area contributed by atoms with E-state index >= 15 is 0 Å². The third-order valence-corrected chi connectivity index (χ3v) is 4.33. The Morgan fingerprint density at radius 1 is 1.45 bits per heavy atom. The highest BCUT2D eigenvalue weighted by Crippen LogP contribution is 2.33. The Bertz CT molecular complexity index is 623. The van der Waals surface area contributed by atoms with Crippen LogP contribution in [-0.4, -0.2) is 16.5 Å². The second kappa shape index (κ2) is 6.11. The van der Waals surface area contributed by atoms with Crippen LogP contribution in [-0.2, 0) is 6.42 Å². The maximum Gasteiger partial charge on any atom is 0.270 e. The van der Waals surface area contributed by atoms with Gasteiger partial charge in [0.1, 0.15) is 0 Å². The van der Waals surface area contributed by atoms with Crippen LogP contribution in [0.2, 0.25) is 0 Å². The van der Waals surface area contributed by atoms with Gasteiger partial charge in [-0.05, 0) is 13.0 Å². The summed E-state index contributed by atoms with van der Waals surface area (Å²) in [6.45, 7) is 4.71. The molecule has 0 bridgehead atoms. The van der Waals surface area contributed by atoms with Crippen LogP contribution in [0.25, 0.3) is 11.3 Å². The van der Waals surface area contributed by atoms with Crippen LogP contribution in [0.3, 0.4) is 0 Å². The molecule has 20 heavy (non-hydrogen) atoms. The molecule has 2 aromatic rings. The fourth-order valence-electron chi connectivity index (χ4n) is 1.91. The van der Waals surface area contributed by atoms with Gasteiger partial charge < -0.3 is 5.73 Å². The van der Waals surface area contributed by atoms with Gasteiger partial charge >= 0.3 is 0 Å². The van der Waals surface area contributed by atoms with Crippen molar-refractivity contribution >= 4 is 17.0 Å². The molecule has 0 radical (unpaired) electrons. The van der Waals surface area contributed by atoms with E-state index in [2.05, 4.69) is 18.8 Å². The van der Waals surface area contributed by atoms with E-state index in [0.717, 1.165) is 27.6 Å². The first-order chi connectivity index (χ1) is 9.52. The third-order valence-electron chi connectivity index (χ3n) is 2.91. The van der Waals surface area contributed by atoms with E-state index in [1.807, 2.05) is 6.07 Å². The minimum Gasteiger partial charge on any atom is -0.330 e. The van der Waals surface area contributed by atoms with Gasteiger partial charge in [-0.1, -0.05) is 26.0 Å². The van der Waals surface area contributed by atoms with E-state index in [4.69, 9.17) is 5.73 Å². The largest absolute Gasteiger partial charge is 0.330 e. The molecule has 0 saturated heterocycles. The number of thiazole rings is 1. The summed E-state index contributed by atoms with van der Waals surface area (Å²) in [5.41, 5.74) is 7.34. The lowest BCUT2D eigenvalue weighted by Crippen LogP contribution is -2.02. The van der Waals surface area contributed by atoms with E-state index in [-0.39, 0.29) is 10.6 Å². The number of hydrogen-bond acceptors (Lipinski definition) is 5. The lowest BCUT2D eigenvalue weighted by Gasteiger charge is -2.01. The first-order valence-electron chi connectivity index (χ1n) is 6.47. The molecule has 0 saturated carbocycles. The van der Waals surface area contributed by atoms with Gasteiger partial charge in [0, 0.05) is 28.5 Å². The van der Waals surface area contributed by atoms with Gasteiger partial charge in [0.15, 0.2) is 0 Å². The smallest absolute Gasteiger partial charge is 0.270 e. The van der Waals surface area contributed by atoms with E-state index in [1.165, 1.54) is 6.07 Å². The van der Waals surface area contributed by atoms with Crippen LogP contribution in [0.5, 0.6) is 0 Å². The number of benzene rings is 1. The Morgan fingerprint density at radius 2 is 2.20 bits per heavy atom. The van der Waals surface area contributed by atoms with Gasteiger partial charge in [0.25, 0.3) is 5.69 Å². The molecular weight excluding hydrogens is 274 g/mol. The number of nitro benzene ring substituents is 1. The summed E-state index contributed by atoms with van der Waals surface area (Å²) in [6.07, 6.45) is 0.739. The highest BCUT2D eigenvalue weighted by atomic mass is 32.1. The van der Waals surface area contributed by atoms with Gasteiger partial charge in [-0.15, -0.1) is 11.3 Å². The Hall–Kier alpha value is -1.79. The van der Waals surface area contributed by atoms with Crippen molar-refractivity contribution in [3.05, 3.63) is 44.3 Å². The molecule has 2 N–H and O–H groups in total. The predicted molar refractivity (Wildman–Crippen MR) is 81.1 cm³/mol. The fraction of sp³-hybridized carbons (Fsp3) is 0.357. The molecule has 0 aliphatic rings. The minimum absolute atomic E-state index is 0.0836. The van der Waals surface area contributed by atoms with Gasteiger partial charge in [0.05, 0.1) is 15.6 Å². The molecule has 0 amide bonds. The lowest BCUT2D eigenvalue weighted by atomic mass is 10.1. The predicted octanol–water partition coefficient (Wildman–Crippen LogP) is 3.34. The number of non-ortho nitro benzene ring substituents is 1. The van der Waals surface area contributed by atoms with Crippen LogP contribution in [0.15, 0.2) is 24.3 Å². The van der Waals surface area contributed by atoms with Gasteiger partial charge in [0.2, 0.25) is 0 Å². The number of aromatic nitrogens is 1. The van der Waals surface area contributed by atoms with Crippen molar-refractivity contribution in [1.29, 1.82) is 0 Å². The Kier molecular flexibility index (Phi) is 4.46. The highest BCUT2D eigenvalue weighted by Gasteiger charge is 2.16. The first-order valence-corrected chi connectivity index (χ1v) is 7.29. The number of nitrogens with zero attached hydrogens (tertiary/aromatic N) is 2. The zero-order valence-corrected chi connectivity index (χ0v) is 12.3. The summed E-state index contributed by atoms with van der Waals surface area (Å²) in [7, 11) is 0. The normalized spacial score (nSPS) is 11.0. The Balaban J connectivity index is 2.50. The van der Waals surface area contributed by atoms with Crippen molar-refractivity contribution in [2.24, 2.45) is 5.73 Å². The standard InChI is InChI=1S/C14H17N3O2S/c1-9(2)14-16-13(12(20-14)6-7-15)10-4-3-5-11(8-10)17(18)19/h3-5,8-9H,6-7,15H2,1-2H3. The number of nitro groups is 1. The molecule has 1 aromatic heterocycles. The van der Waals surface area contributed by atoms with E-state index < -0.39 is 0 Å². The molecule has 0 spiro atoms. The highest BCUT2D eigenvalue weighted by molar-refractivity contribution is 7.12. The maximum absolute atomic E-state index is 10.9. The molecule has 1 aromatic carbocycles. The maximum atomic E-state index is 10.9. The SMILES string of the molecule is CC(C)c1nc(-c2cccc([N+](=O)[O-])c2)c(CCN)s1. The third kappa shape index (κ3) is 3.02. The monoisotopic (exact) mass is 291 g/mol. The van der Waals surface area contributed by atoms with Crippen molar-refractivity contribution in [3.63, 3.8) is 0 Å². The summed E-state index contributed by atoms with van der Waals surface area (Å²) in [6, 6.07) is 6.60. The summed E-state index contributed by atoms with van der Waals surface area (Å²) in [5, 5.41) is 11.9. The number of nitrogens with two attached hydrogens (primary N) is 1. The molecular formula is C14H17N3O2S. The molecule has 5 nitrogen and oxygen atoms in total. The molecule has 0 unspecified atom stereocenters. The summed E-state index contributed by atoms with van der Waals surface area (Å²) in [4.78, 5) is 16.2. The van der Waals surface area contributed by atoms with Gasteiger partial charge in [-0.25, -0.2) is 4.98 Å². The molecule has 0 aliphatic carbocycles. The average molecular weight is 291 g/mol. The molecule has 6 heteroatoms. The molecule has 0 aliphatic heterocycles. The fourth-order valence-corrected chi connectivity index (χ4v) is 3.01. The van der Waals surface area contributed by atoms with Crippen LogP contribution in [0.4, 0.5) is 5.69 Å². The number of rotatable bonds is 5. The number of hydrogen-bond donors (Lipinski definition) is 1. The van der Waals surface area contributed by atoms with E-state index in [9.17, 15) is 10.1 Å². The van der Waals surface area contributed by atoms with Gasteiger partial charge in [-0.2, -0.15) is 0 Å². The van der Waals surface area contributed by atoms with Gasteiger partial charge in [-0.3, -0.25) is 10.1 Å². The molecule has 0 fully saturated rings. The quantitative estimate of drug-likeness (QED) is 0.676. The van der Waals surface area contributed by atoms with Crippen LogP contribution >= 0.6 is 11.3 Å². The van der Waals surface area contributed by atoms with Crippen LogP contribution in [0, 0.1) is 10.1 Å². The van der Waals surface area contributed by atoms with Crippen molar-refractivity contribution in [3.8, 4) is 11.3 Å². The summed E-state index contributed by atoms with van der Waals surface area (Å²) in [5.74, 6) is 0.337. The second-order valence-corrected chi connectivity index (χ2v) is 5.94. The molecule has 2 rings (SSSR count). The zero-order chi connectivity index (χ0) is 14.7. The average Bonchev–Trinajstić information content (AvgIpc) is 2.83. The summed E-state index contributed by atoms with van der Waals surface area (Å²) >= 11 is 1.64. The van der Waals surface area contributed by atoms with Crippen LogP contribution < -0.4 is 5.73 Å². The second-order valence-electron chi connectivity index (χ2n) is 4.82. The van der Waals surface area contributed by atoms with Crippen molar-refractivity contribution in [2.45, 2.75) is 26.2 Å². The van der Waals surface area contributed by atoms with Crippen molar-refractivity contribution in [2.75, 3.05) is 6.54 Å². The van der Waals surface area contributed by atoms with Crippen molar-refractivity contribution in [1.82, 2.24) is 4.98 Å². The minimum atomic E-state index is -0.387. The topological polar surface area (TPSA) is 82.0 Å². The Morgan fingerprint density at radius 3 is 2.80 bits per heavy atom. The molecule has 106 valence electrons. The van der Waals surface area contributed by atoms with Crippen LogP contribution in [0.1, 0.15) is 29.7 Å². The van der Waals surface area contributed by atoms with Crippen molar-refractivity contribution < 1.29 is 4.92 Å². The van der Waals surface area contributed by atoms with E-state index in [0.29, 0.717) is 12.5 Å². The molecule has 1 heterocycles. The lowest BCUT2D eigenvalue weighted by molar-refractivity contribution is -0.384. The zero-order valence-electron chi connectivity index (χ0n) is 11.5.